The van der Waals surface area contributed by atoms with Crippen molar-refractivity contribution in [2.75, 3.05) is 10.0 Å². The number of furan rings is 1. The SMILES string of the molecule is O=C(Nc1ccc(S(=O)(=O)Nc2ccccc2C(F)(F)F)cc1)c1ccc([N+](=O)[O-])o1. The number of nitrogens with zero attached hydrogens (tertiary/aromatic N) is 1. The van der Waals surface area contributed by atoms with E-state index in [4.69, 9.17) is 4.42 Å². The molecule has 0 unspecified atom stereocenters. The summed E-state index contributed by atoms with van der Waals surface area (Å²) >= 11 is 0. The quantitative estimate of drug-likeness (QED) is 0.422. The summed E-state index contributed by atoms with van der Waals surface area (Å²) in [6, 6.07) is 10.7. The number of halogens is 3. The molecule has 3 rings (SSSR count). The molecule has 0 aliphatic rings. The van der Waals surface area contributed by atoms with E-state index in [-0.39, 0.29) is 16.3 Å². The lowest BCUT2D eigenvalue weighted by molar-refractivity contribution is -0.402. The lowest BCUT2D eigenvalue weighted by Crippen LogP contribution is -2.17. The number of hydrogen-bond donors (Lipinski definition) is 2. The molecule has 31 heavy (non-hydrogen) atoms. The Morgan fingerprint density at radius 3 is 2.23 bits per heavy atom. The number of carbonyl (C=O) groups excluding carboxylic acids is 1. The van der Waals surface area contributed by atoms with Gasteiger partial charge in [-0.2, -0.15) is 13.2 Å². The molecule has 9 nitrogen and oxygen atoms in total. The molecule has 1 heterocycles. The minimum absolute atomic E-state index is 0.124. The van der Waals surface area contributed by atoms with E-state index in [9.17, 15) is 36.5 Å². The molecule has 0 fully saturated rings. The number of benzene rings is 2. The Bertz CT molecular complexity index is 1240. The molecular formula is C18H12F3N3O6S. The summed E-state index contributed by atoms with van der Waals surface area (Å²) in [5.41, 5.74) is -1.65. The summed E-state index contributed by atoms with van der Waals surface area (Å²) in [6.45, 7) is 0. The smallest absolute Gasteiger partial charge is 0.395 e. The van der Waals surface area contributed by atoms with Crippen molar-refractivity contribution in [2.45, 2.75) is 11.1 Å². The van der Waals surface area contributed by atoms with Gasteiger partial charge in [0.25, 0.3) is 15.9 Å². The molecular weight excluding hydrogens is 443 g/mol. The van der Waals surface area contributed by atoms with E-state index in [0.29, 0.717) is 0 Å². The lowest BCUT2D eigenvalue weighted by Gasteiger charge is -2.14. The van der Waals surface area contributed by atoms with Gasteiger partial charge in [-0.05, 0) is 42.5 Å². The Morgan fingerprint density at radius 2 is 1.65 bits per heavy atom. The van der Waals surface area contributed by atoms with Crippen molar-refractivity contribution >= 4 is 33.2 Å². The first-order chi connectivity index (χ1) is 14.5. The van der Waals surface area contributed by atoms with E-state index in [1.807, 2.05) is 4.72 Å². The summed E-state index contributed by atoms with van der Waals surface area (Å²) in [7, 11) is -4.36. The number of nitrogens with one attached hydrogen (secondary N) is 2. The summed E-state index contributed by atoms with van der Waals surface area (Å²) in [6.07, 6.45) is -4.76. The van der Waals surface area contributed by atoms with E-state index in [2.05, 4.69) is 5.32 Å². The van der Waals surface area contributed by atoms with Crippen molar-refractivity contribution in [3.63, 3.8) is 0 Å². The number of carbonyl (C=O) groups is 1. The Morgan fingerprint density at radius 1 is 1.00 bits per heavy atom. The van der Waals surface area contributed by atoms with Crippen LogP contribution < -0.4 is 10.0 Å². The fourth-order valence-electron chi connectivity index (χ4n) is 2.48. The summed E-state index contributed by atoms with van der Waals surface area (Å²) < 4.78 is 70.8. The largest absolute Gasteiger partial charge is 0.433 e. The van der Waals surface area contributed by atoms with Crippen LogP contribution in [0.2, 0.25) is 0 Å². The Labute approximate surface area is 172 Å². The zero-order chi connectivity index (χ0) is 22.8. The molecule has 1 aromatic heterocycles. The van der Waals surface area contributed by atoms with Gasteiger partial charge in [0, 0.05) is 5.69 Å². The highest BCUT2D eigenvalue weighted by molar-refractivity contribution is 7.92. The molecule has 0 aliphatic heterocycles. The topological polar surface area (TPSA) is 132 Å². The average Bonchev–Trinajstić information content (AvgIpc) is 3.18. The predicted molar refractivity (Wildman–Crippen MR) is 102 cm³/mol. The molecule has 0 aliphatic carbocycles. The van der Waals surface area contributed by atoms with Gasteiger partial charge in [0.15, 0.2) is 5.76 Å². The number of hydrogen-bond acceptors (Lipinski definition) is 6. The summed E-state index contributed by atoms with van der Waals surface area (Å²) in [5.74, 6) is -1.79. The molecule has 0 bridgehead atoms. The second-order valence-electron chi connectivity index (χ2n) is 6.02. The van der Waals surface area contributed by atoms with Gasteiger partial charge >= 0.3 is 12.1 Å². The molecule has 0 spiro atoms. The fourth-order valence-corrected chi connectivity index (χ4v) is 3.56. The van der Waals surface area contributed by atoms with E-state index < -0.39 is 44.2 Å². The van der Waals surface area contributed by atoms with Gasteiger partial charge in [0.2, 0.25) is 0 Å². The van der Waals surface area contributed by atoms with Crippen molar-refractivity contribution in [3.05, 3.63) is 82.1 Å². The zero-order valence-electron chi connectivity index (χ0n) is 15.2. The highest BCUT2D eigenvalue weighted by Gasteiger charge is 2.34. The van der Waals surface area contributed by atoms with Crippen LogP contribution in [0.25, 0.3) is 0 Å². The fraction of sp³-hybridized carbons (Fsp3) is 0.0556. The van der Waals surface area contributed by atoms with E-state index in [1.54, 1.807) is 0 Å². The van der Waals surface area contributed by atoms with Crippen LogP contribution in [0.15, 0.2) is 70.0 Å². The number of nitro groups is 1. The predicted octanol–water partition coefficient (Wildman–Crippen LogP) is 4.26. The van der Waals surface area contributed by atoms with Crippen LogP contribution in [0.4, 0.5) is 30.4 Å². The van der Waals surface area contributed by atoms with Crippen LogP contribution in [0, 0.1) is 10.1 Å². The summed E-state index contributed by atoms with van der Waals surface area (Å²) in [5, 5.41) is 12.9. The minimum Gasteiger partial charge on any atom is -0.395 e. The third kappa shape index (κ3) is 5.01. The second-order valence-corrected chi connectivity index (χ2v) is 7.70. The molecule has 1 amide bonds. The Hall–Kier alpha value is -3.87. The van der Waals surface area contributed by atoms with Gasteiger partial charge in [-0.15, -0.1) is 0 Å². The van der Waals surface area contributed by atoms with Gasteiger partial charge in [-0.3, -0.25) is 19.6 Å². The van der Waals surface area contributed by atoms with Crippen molar-refractivity contribution < 1.29 is 35.7 Å². The molecule has 2 N–H and O–H groups in total. The monoisotopic (exact) mass is 455 g/mol. The maximum absolute atomic E-state index is 13.1. The number of anilines is 2. The van der Waals surface area contributed by atoms with Gasteiger partial charge in [-0.1, -0.05) is 12.1 Å². The van der Waals surface area contributed by atoms with Gasteiger partial charge in [-0.25, -0.2) is 8.42 Å². The maximum Gasteiger partial charge on any atom is 0.433 e. The van der Waals surface area contributed by atoms with Crippen LogP contribution in [0.3, 0.4) is 0 Å². The lowest BCUT2D eigenvalue weighted by atomic mass is 10.2. The second kappa shape index (κ2) is 8.10. The van der Waals surface area contributed by atoms with Crippen LogP contribution in [-0.4, -0.2) is 19.2 Å². The van der Waals surface area contributed by atoms with Gasteiger partial charge in [0.05, 0.1) is 22.2 Å². The standard InChI is InChI=1S/C18H12F3N3O6S/c19-18(20,21)13-3-1-2-4-14(13)23-31(28,29)12-7-5-11(6-8-12)22-17(25)15-9-10-16(30-15)24(26)27/h1-10,23H,(H,22,25). The Kier molecular flexibility index (Phi) is 5.71. The highest BCUT2D eigenvalue weighted by Crippen LogP contribution is 2.35. The number of amides is 1. The third-order valence-electron chi connectivity index (χ3n) is 3.89. The zero-order valence-corrected chi connectivity index (χ0v) is 16.0. The van der Waals surface area contributed by atoms with Gasteiger partial charge in [0.1, 0.15) is 4.92 Å². The number of rotatable bonds is 6. The number of sulfonamides is 1. The first-order valence-corrected chi connectivity index (χ1v) is 9.80. The number of para-hydroxylation sites is 1. The molecule has 0 saturated heterocycles. The molecule has 162 valence electrons. The van der Waals surface area contributed by atoms with Crippen LogP contribution in [0.5, 0.6) is 0 Å². The number of alkyl halides is 3. The van der Waals surface area contributed by atoms with Gasteiger partial charge < -0.3 is 9.73 Å². The first-order valence-electron chi connectivity index (χ1n) is 8.32. The first kappa shape index (κ1) is 21.8. The van der Waals surface area contributed by atoms with E-state index >= 15 is 0 Å². The van der Waals surface area contributed by atoms with Crippen molar-refractivity contribution in [2.24, 2.45) is 0 Å². The highest BCUT2D eigenvalue weighted by atomic mass is 32.2. The molecule has 0 radical (unpaired) electrons. The molecule has 13 heteroatoms. The third-order valence-corrected chi connectivity index (χ3v) is 5.28. The van der Waals surface area contributed by atoms with Crippen molar-refractivity contribution in [1.82, 2.24) is 0 Å². The van der Waals surface area contributed by atoms with Crippen LogP contribution in [0.1, 0.15) is 16.1 Å². The van der Waals surface area contributed by atoms with Crippen LogP contribution >= 0.6 is 0 Å². The van der Waals surface area contributed by atoms with Crippen molar-refractivity contribution in [3.8, 4) is 0 Å². The van der Waals surface area contributed by atoms with Crippen LogP contribution in [-0.2, 0) is 16.2 Å². The van der Waals surface area contributed by atoms with E-state index in [1.165, 1.54) is 18.2 Å². The average molecular weight is 455 g/mol. The molecule has 0 atom stereocenters. The normalized spacial score (nSPS) is 11.7. The van der Waals surface area contributed by atoms with Crippen molar-refractivity contribution in [1.29, 1.82) is 0 Å². The van der Waals surface area contributed by atoms with E-state index in [0.717, 1.165) is 42.5 Å². The minimum atomic E-state index is -4.76. The summed E-state index contributed by atoms with van der Waals surface area (Å²) in [4.78, 5) is 21.5. The Balaban J connectivity index is 1.76. The molecule has 3 aromatic rings. The molecule has 0 saturated carbocycles. The molecule has 2 aromatic carbocycles. The maximum atomic E-state index is 13.1.